The summed E-state index contributed by atoms with van der Waals surface area (Å²) in [5.41, 5.74) is 1.13. The number of fused-ring (bicyclic) bond motifs is 1. The molecule has 0 unspecified atom stereocenters. The van der Waals surface area contributed by atoms with Crippen molar-refractivity contribution in [3.8, 4) is 0 Å². The van der Waals surface area contributed by atoms with Gasteiger partial charge < -0.3 is 4.74 Å². The van der Waals surface area contributed by atoms with Crippen LogP contribution in [0.25, 0.3) is 0 Å². The van der Waals surface area contributed by atoms with Crippen LogP contribution in [0.2, 0.25) is 0 Å². The lowest BCUT2D eigenvalue weighted by molar-refractivity contribution is 0.0242. The predicted octanol–water partition coefficient (Wildman–Crippen LogP) is 1.58. The first-order chi connectivity index (χ1) is 9.06. The lowest BCUT2D eigenvalue weighted by Crippen LogP contribution is -2.33. The van der Waals surface area contributed by atoms with E-state index in [4.69, 9.17) is 9.88 Å². The number of carbonyl (C=O) groups excluding carboxylic acids is 1. The monoisotopic (exact) mass is 298 g/mol. The summed E-state index contributed by atoms with van der Waals surface area (Å²) in [6.07, 6.45) is -0.411. The van der Waals surface area contributed by atoms with Crippen LogP contribution in [0, 0.1) is 0 Å². The molecule has 2 rings (SSSR count). The quantitative estimate of drug-likeness (QED) is 0.852. The average molecular weight is 298 g/mol. The van der Waals surface area contributed by atoms with Crippen molar-refractivity contribution >= 4 is 16.1 Å². The number of amides is 1. The fraction of sp³-hybridized carbons (Fsp3) is 0.462. The smallest absolute Gasteiger partial charge is 0.410 e. The summed E-state index contributed by atoms with van der Waals surface area (Å²) in [6, 6.07) is 4.64. The normalized spacial score (nSPS) is 15.1. The lowest BCUT2D eigenvalue weighted by Gasteiger charge is -2.24. The van der Waals surface area contributed by atoms with Gasteiger partial charge in [-0.1, -0.05) is 6.07 Å². The number of rotatable bonds is 1. The molecule has 1 aliphatic rings. The minimum absolute atomic E-state index is 0.0577. The van der Waals surface area contributed by atoms with Crippen LogP contribution < -0.4 is 5.14 Å². The van der Waals surface area contributed by atoms with E-state index in [2.05, 4.69) is 0 Å². The van der Waals surface area contributed by atoms with E-state index >= 15 is 0 Å². The molecule has 0 bridgehead atoms. The summed E-state index contributed by atoms with van der Waals surface area (Å²) >= 11 is 0. The molecule has 20 heavy (non-hydrogen) atoms. The summed E-state index contributed by atoms with van der Waals surface area (Å²) in [4.78, 5) is 13.6. The molecule has 0 atom stereocenters. The maximum Gasteiger partial charge on any atom is 0.410 e. The fourth-order valence-electron chi connectivity index (χ4n) is 2.00. The number of ether oxygens (including phenoxy) is 1. The standard InChI is InChI=1S/C13H18N2O4S/c1-13(2,3)19-12(16)15-7-9-4-5-11(20(14,17)18)6-10(9)8-15/h4-6H,7-8H2,1-3H3,(H2,14,17,18). The van der Waals surface area contributed by atoms with Gasteiger partial charge in [-0.25, -0.2) is 18.4 Å². The Labute approximate surface area is 118 Å². The van der Waals surface area contributed by atoms with Gasteiger partial charge in [0, 0.05) is 13.1 Å². The van der Waals surface area contributed by atoms with E-state index in [0.29, 0.717) is 13.1 Å². The van der Waals surface area contributed by atoms with E-state index < -0.39 is 21.7 Å². The third-order valence-electron chi connectivity index (χ3n) is 2.88. The molecule has 0 spiro atoms. The van der Waals surface area contributed by atoms with Gasteiger partial charge in [-0.2, -0.15) is 0 Å². The molecule has 1 heterocycles. The highest BCUT2D eigenvalue weighted by atomic mass is 32.2. The van der Waals surface area contributed by atoms with Crippen molar-refractivity contribution in [1.82, 2.24) is 4.90 Å². The van der Waals surface area contributed by atoms with Gasteiger partial charge in [-0.15, -0.1) is 0 Å². The molecule has 0 saturated carbocycles. The van der Waals surface area contributed by atoms with Gasteiger partial charge in [-0.3, -0.25) is 4.90 Å². The van der Waals surface area contributed by atoms with Crippen molar-refractivity contribution < 1.29 is 17.9 Å². The van der Waals surface area contributed by atoms with Crippen molar-refractivity contribution in [2.24, 2.45) is 5.14 Å². The predicted molar refractivity (Wildman–Crippen MR) is 73.3 cm³/mol. The molecule has 6 nitrogen and oxygen atoms in total. The van der Waals surface area contributed by atoms with Gasteiger partial charge in [0.2, 0.25) is 10.0 Å². The van der Waals surface area contributed by atoms with Crippen LogP contribution >= 0.6 is 0 Å². The number of hydrogen-bond acceptors (Lipinski definition) is 4. The molecule has 0 aromatic heterocycles. The Hall–Kier alpha value is -1.60. The minimum atomic E-state index is -3.73. The Bertz CT molecular complexity index is 647. The highest BCUT2D eigenvalue weighted by Crippen LogP contribution is 2.26. The molecule has 7 heteroatoms. The number of nitrogens with two attached hydrogens (primary N) is 1. The van der Waals surface area contributed by atoms with Crippen molar-refractivity contribution in [1.29, 1.82) is 0 Å². The number of primary sulfonamides is 1. The number of carbonyl (C=O) groups is 1. The van der Waals surface area contributed by atoms with Gasteiger partial charge in [0.1, 0.15) is 5.60 Å². The summed E-state index contributed by atoms with van der Waals surface area (Å²) in [5.74, 6) is 0. The van der Waals surface area contributed by atoms with E-state index in [9.17, 15) is 13.2 Å². The molecule has 0 radical (unpaired) electrons. The first kappa shape index (κ1) is 14.8. The summed E-state index contributed by atoms with van der Waals surface area (Å²) < 4.78 is 27.9. The maximum atomic E-state index is 12.0. The third kappa shape index (κ3) is 3.29. The van der Waals surface area contributed by atoms with E-state index in [-0.39, 0.29) is 4.90 Å². The van der Waals surface area contributed by atoms with Gasteiger partial charge in [0.25, 0.3) is 0 Å². The molecular weight excluding hydrogens is 280 g/mol. The summed E-state index contributed by atoms with van der Waals surface area (Å²) in [7, 11) is -3.73. The minimum Gasteiger partial charge on any atom is -0.444 e. The summed E-state index contributed by atoms with van der Waals surface area (Å²) in [5, 5.41) is 5.10. The van der Waals surface area contributed by atoms with Crippen LogP contribution in [0.1, 0.15) is 31.9 Å². The van der Waals surface area contributed by atoms with Gasteiger partial charge in [0.05, 0.1) is 4.90 Å². The lowest BCUT2D eigenvalue weighted by atomic mass is 10.1. The Morgan fingerprint density at radius 3 is 2.40 bits per heavy atom. The van der Waals surface area contributed by atoms with Crippen molar-refractivity contribution in [3.05, 3.63) is 29.3 Å². The Morgan fingerprint density at radius 2 is 1.85 bits per heavy atom. The summed E-state index contributed by atoms with van der Waals surface area (Å²) in [6.45, 7) is 6.14. The number of benzene rings is 1. The zero-order valence-electron chi connectivity index (χ0n) is 11.7. The van der Waals surface area contributed by atoms with Crippen LogP contribution in [-0.4, -0.2) is 25.0 Å². The molecule has 0 saturated heterocycles. The molecule has 110 valence electrons. The number of sulfonamides is 1. The number of hydrogen-bond donors (Lipinski definition) is 1. The Kier molecular flexibility index (Phi) is 3.51. The maximum absolute atomic E-state index is 12.0. The molecule has 1 aromatic rings. The Balaban J connectivity index is 2.18. The van der Waals surface area contributed by atoms with Crippen molar-refractivity contribution in [2.75, 3.05) is 0 Å². The molecule has 1 aliphatic heterocycles. The van der Waals surface area contributed by atoms with E-state index in [0.717, 1.165) is 11.1 Å². The molecule has 0 aliphatic carbocycles. The van der Waals surface area contributed by atoms with Crippen LogP contribution in [0.15, 0.2) is 23.1 Å². The fourth-order valence-corrected chi connectivity index (χ4v) is 2.57. The van der Waals surface area contributed by atoms with Crippen LogP contribution in [0.5, 0.6) is 0 Å². The zero-order chi connectivity index (χ0) is 15.1. The average Bonchev–Trinajstić information content (AvgIpc) is 2.67. The molecule has 0 fully saturated rings. The number of nitrogens with zero attached hydrogens (tertiary/aromatic N) is 1. The highest BCUT2D eigenvalue weighted by molar-refractivity contribution is 7.89. The van der Waals surface area contributed by atoms with Gasteiger partial charge in [0.15, 0.2) is 0 Å². The second kappa shape index (κ2) is 4.75. The topological polar surface area (TPSA) is 89.7 Å². The van der Waals surface area contributed by atoms with Crippen LogP contribution in [0.4, 0.5) is 4.79 Å². The molecular formula is C13H18N2O4S. The highest BCUT2D eigenvalue weighted by Gasteiger charge is 2.28. The SMILES string of the molecule is CC(C)(C)OC(=O)N1Cc2ccc(S(N)(=O)=O)cc2C1. The van der Waals surface area contributed by atoms with Crippen LogP contribution in [-0.2, 0) is 27.8 Å². The third-order valence-corrected chi connectivity index (χ3v) is 3.79. The van der Waals surface area contributed by atoms with Gasteiger partial charge >= 0.3 is 6.09 Å². The second-order valence-corrected chi connectivity index (χ2v) is 7.37. The van der Waals surface area contributed by atoms with Crippen LogP contribution in [0.3, 0.4) is 0 Å². The molecule has 1 aromatic carbocycles. The molecule has 1 amide bonds. The Morgan fingerprint density at radius 1 is 1.25 bits per heavy atom. The first-order valence-electron chi connectivity index (χ1n) is 6.19. The second-order valence-electron chi connectivity index (χ2n) is 5.81. The van der Waals surface area contributed by atoms with E-state index in [1.54, 1.807) is 26.8 Å². The zero-order valence-corrected chi connectivity index (χ0v) is 12.5. The van der Waals surface area contributed by atoms with Crippen molar-refractivity contribution in [3.63, 3.8) is 0 Å². The molecule has 2 N–H and O–H groups in total. The van der Waals surface area contributed by atoms with E-state index in [1.807, 2.05) is 0 Å². The van der Waals surface area contributed by atoms with Crippen molar-refractivity contribution in [2.45, 2.75) is 44.4 Å². The largest absolute Gasteiger partial charge is 0.444 e. The van der Waals surface area contributed by atoms with E-state index in [1.165, 1.54) is 17.0 Å². The van der Waals surface area contributed by atoms with Gasteiger partial charge in [-0.05, 0) is 44.0 Å². The first-order valence-corrected chi connectivity index (χ1v) is 7.73.